The minimum atomic E-state index is 0.228. The Morgan fingerprint density at radius 2 is 2.19 bits per heavy atom. The Balaban J connectivity index is 2.56. The van der Waals surface area contributed by atoms with E-state index in [4.69, 9.17) is 16.3 Å². The summed E-state index contributed by atoms with van der Waals surface area (Å²) in [6.45, 7) is 7.98. The van der Waals surface area contributed by atoms with Gasteiger partial charge in [-0.2, -0.15) is 0 Å². The molecule has 0 aliphatic heterocycles. The highest BCUT2D eigenvalue weighted by molar-refractivity contribution is 7.16. The lowest BCUT2D eigenvalue weighted by atomic mass is 10.1. The molecule has 2 atom stereocenters. The first-order chi connectivity index (χ1) is 7.67. The van der Waals surface area contributed by atoms with Crippen molar-refractivity contribution in [2.45, 2.75) is 39.3 Å². The second kappa shape index (κ2) is 7.28. The Hall–Kier alpha value is -0.0900. The molecule has 0 radical (unpaired) electrons. The average molecular weight is 262 g/mol. The van der Waals surface area contributed by atoms with Crippen molar-refractivity contribution in [2.24, 2.45) is 0 Å². The van der Waals surface area contributed by atoms with Gasteiger partial charge in [-0.05, 0) is 38.9 Å². The van der Waals surface area contributed by atoms with Crippen molar-refractivity contribution < 1.29 is 4.74 Å². The van der Waals surface area contributed by atoms with Crippen LogP contribution in [-0.4, -0.2) is 25.3 Å². The maximum Gasteiger partial charge on any atom is 0.0931 e. The molecule has 1 heterocycles. The summed E-state index contributed by atoms with van der Waals surface area (Å²) in [5.41, 5.74) is 0. The van der Waals surface area contributed by atoms with Gasteiger partial charge in [-0.25, -0.2) is 0 Å². The van der Waals surface area contributed by atoms with Crippen molar-refractivity contribution in [1.82, 2.24) is 5.32 Å². The molecule has 1 N–H and O–H groups in total. The molecule has 16 heavy (non-hydrogen) atoms. The van der Waals surface area contributed by atoms with Gasteiger partial charge in [-0.15, -0.1) is 11.3 Å². The van der Waals surface area contributed by atoms with Gasteiger partial charge >= 0.3 is 0 Å². The second-order valence-electron chi connectivity index (χ2n) is 3.73. The highest BCUT2D eigenvalue weighted by atomic mass is 35.5. The summed E-state index contributed by atoms with van der Waals surface area (Å²) in [6.07, 6.45) is 1.21. The molecular formula is C12H20ClNOS. The number of ether oxygens (including phenoxy) is 1. The van der Waals surface area contributed by atoms with Gasteiger partial charge in [0.05, 0.1) is 10.4 Å². The van der Waals surface area contributed by atoms with Gasteiger partial charge in [0.25, 0.3) is 0 Å². The van der Waals surface area contributed by atoms with E-state index in [1.807, 2.05) is 13.0 Å². The first-order valence-corrected chi connectivity index (χ1v) is 6.96. The molecule has 4 heteroatoms. The topological polar surface area (TPSA) is 21.3 Å². The van der Waals surface area contributed by atoms with Crippen LogP contribution in [0.5, 0.6) is 0 Å². The van der Waals surface area contributed by atoms with Gasteiger partial charge in [0.2, 0.25) is 0 Å². The molecule has 0 spiro atoms. The van der Waals surface area contributed by atoms with Crippen LogP contribution in [0.3, 0.4) is 0 Å². The molecule has 92 valence electrons. The average Bonchev–Trinajstić information content (AvgIpc) is 2.64. The maximum absolute atomic E-state index is 5.93. The lowest BCUT2D eigenvalue weighted by Gasteiger charge is -2.24. The van der Waals surface area contributed by atoms with Gasteiger partial charge in [-0.3, -0.25) is 0 Å². The monoisotopic (exact) mass is 261 g/mol. The Kier molecular flexibility index (Phi) is 6.36. The van der Waals surface area contributed by atoms with E-state index in [1.54, 1.807) is 11.3 Å². The third-order valence-electron chi connectivity index (χ3n) is 2.51. The van der Waals surface area contributed by atoms with Crippen LogP contribution in [0.2, 0.25) is 4.34 Å². The molecule has 2 unspecified atom stereocenters. The summed E-state index contributed by atoms with van der Waals surface area (Å²) < 4.78 is 6.50. The third kappa shape index (κ3) is 4.42. The van der Waals surface area contributed by atoms with Crippen LogP contribution in [0.1, 0.15) is 25.6 Å². The summed E-state index contributed by atoms with van der Waals surface area (Å²) in [6, 6.07) is 4.41. The van der Waals surface area contributed by atoms with Crippen LogP contribution >= 0.6 is 22.9 Å². The summed E-state index contributed by atoms with van der Waals surface area (Å²) in [5, 5.41) is 3.46. The van der Waals surface area contributed by atoms with Crippen molar-refractivity contribution in [3.05, 3.63) is 21.3 Å². The molecule has 0 aliphatic carbocycles. The summed E-state index contributed by atoms with van der Waals surface area (Å²) in [5.74, 6) is 0. The Morgan fingerprint density at radius 3 is 2.69 bits per heavy atom. The van der Waals surface area contributed by atoms with E-state index in [9.17, 15) is 0 Å². The van der Waals surface area contributed by atoms with E-state index < -0.39 is 0 Å². The number of hydrogen-bond donors (Lipinski definition) is 1. The number of thiophene rings is 1. The summed E-state index contributed by atoms with van der Waals surface area (Å²) in [7, 11) is 0. The molecule has 1 aromatic heterocycles. The van der Waals surface area contributed by atoms with Gasteiger partial charge in [-0.1, -0.05) is 18.5 Å². The van der Waals surface area contributed by atoms with Crippen LogP contribution in [-0.2, 0) is 11.2 Å². The number of rotatable bonds is 7. The number of nitrogens with one attached hydrogen (secondary N) is 1. The van der Waals surface area contributed by atoms with Crippen LogP contribution in [0.4, 0.5) is 0 Å². The third-order valence-corrected chi connectivity index (χ3v) is 3.77. The molecule has 1 rings (SSSR count). The van der Waals surface area contributed by atoms with Gasteiger partial charge in [0.1, 0.15) is 0 Å². The zero-order chi connectivity index (χ0) is 12.0. The summed E-state index contributed by atoms with van der Waals surface area (Å²) >= 11 is 7.58. The lowest BCUT2D eigenvalue weighted by molar-refractivity contribution is 0.0482. The quantitative estimate of drug-likeness (QED) is 0.813. The number of hydrogen-bond acceptors (Lipinski definition) is 3. The zero-order valence-corrected chi connectivity index (χ0v) is 11.7. The SMILES string of the molecule is CCNC(Cc1ccc(Cl)s1)C(C)OCC. The molecular weight excluding hydrogens is 242 g/mol. The highest BCUT2D eigenvalue weighted by Gasteiger charge is 2.17. The van der Waals surface area contributed by atoms with E-state index in [2.05, 4.69) is 25.2 Å². The van der Waals surface area contributed by atoms with Crippen LogP contribution in [0.15, 0.2) is 12.1 Å². The van der Waals surface area contributed by atoms with E-state index in [0.717, 1.165) is 23.9 Å². The standard InChI is InChI=1S/C12H20ClNOS/c1-4-14-11(9(3)15-5-2)8-10-6-7-12(13)16-10/h6-7,9,11,14H,4-5,8H2,1-3H3. The predicted octanol–water partition coefficient (Wildman–Crippen LogP) is 3.35. The number of halogens is 1. The van der Waals surface area contributed by atoms with Gasteiger partial charge in [0, 0.05) is 17.5 Å². The molecule has 0 saturated heterocycles. The van der Waals surface area contributed by atoms with Crippen LogP contribution in [0.25, 0.3) is 0 Å². The number of likely N-dealkylation sites (N-methyl/N-ethyl adjacent to an activating group) is 1. The zero-order valence-electron chi connectivity index (χ0n) is 10.1. The fourth-order valence-corrected chi connectivity index (χ4v) is 2.87. The van der Waals surface area contributed by atoms with E-state index >= 15 is 0 Å². The fraction of sp³-hybridized carbons (Fsp3) is 0.667. The smallest absolute Gasteiger partial charge is 0.0931 e. The first kappa shape index (κ1) is 14.0. The molecule has 0 saturated carbocycles. The van der Waals surface area contributed by atoms with Crippen molar-refractivity contribution in [3.63, 3.8) is 0 Å². The van der Waals surface area contributed by atoms with E-state index in [-0.39, 0.29) is 6.10 Å². The second-order valence-corrected chi connectivity index (χ2v) is 5.53. The van der Waals surface area contributed by atoms with E-state index in [0.29, 0.717) is 6.04 Å². The fourth-order valence-electron chi connectivity index (χ4n) is 1.72. The van der Waals surface area contributed by atoms with Crippen molar-refractivity contribution in [1.29, 1.82) is 0 Å². The maximum atomic E-state index is 5.93. The van der Waals surface area contributed by atoms with E-state index in [1.165, 1.54) is 4.88 Å². The first-order valence-electron chi connectivity index (χ1n) is 5.76. The molecule has 1 aromatic rings. The molecule has 2 nitrogen and oxygen atoms in total. The van der Waals surface area contributed by atoms with Gasteiger partial charge < -0.3 is 10.1 Å². The Labute approximate surface area is 107 Å². The molecule has 0 aliphatic rings. The van der Waals surface area contributed by atoms with Gasteiger partial charge in [0.15, 0.2) is 0 Å². The van der Waals surface area contributed by atoms with Crippen molar-refractivity contribution >= 4 is 22.9 Å². The molecule has 0 bridgehead atoms. The highest BCUT2D eigenvalue weighted by Crippen LogP contribution is 2.23. The minimum Gasteiger partial charge on any atom is -0.377 e. The van der Waals surface area contributed by atoms with Crippen LogP contribution in [0, 0.1) is 0 Å². The Bertz CT molecular complexity index is 303. The summed E-state index contributed by atoms with van der Waals surface area (Å²) in [4.78, 5) is 1.31. The molecule has 0 aromatic carbocycles. The van der Waals surface area contributed by atoms with Crippen molar-refractivity contribution in [2.75, 3.05) is 13.2 Å². The molecule has 0 fully saturated rings. The predicted molar refractivity (Wildman–Crippen MR) is 71.6 cm³/mol. The minimum absolute atomic E-state index is 0.228. The van der Waals surface area contributed by atoms with Crippen LogP contribution < -0.4 is 5.32 Å². The lowest BCUT2D eigenvalue weighted by Crippen LogP contribution is -2.41. The van der Waals surface area contributed by atoms with Crippen molar-refractivity contribution in [3.8, 4) is 0 Å². The molecule has 0 amide bonds. The normalized spacial score (nSPS) is 15.0. The largest absolute Gasteiger partial charge is 0.377 e. The Morgan fingerprint density at radius 1 is 1.44 bits per heavy atom.